The minimum Gasteiger partial charge on any atom is -0.477 e. The van der Waals surface area contributed by atoms with Gasteiger partial charge in [0.1, 0.15) is 5.69 Å². The van der Waals surface area contributed by atoms with Gasteiger partial charge in [-0.3, -0.25) is 0 Å². The number of aliphatic hydroxyl groups is 1. The van der Waals surface area contributed by atoms with E-state index in [-0.39, 0.29) is 5.92 Å². The summed E-state index contributed by atoms with van der Waals surface area (Å²) in [7, 11) is 0. The Bertz CT molecular complexity index is 593. The molecule has 0 spiro atoms. The molecule has 4 nitrogen and oxygen atoms in total. The molecule has 1 aromatic heterocycles. The molecule has 0 unspecified atom stereocenters. The standard InChI is InChI=1S/C15H17NO3/c1-2-10-11-8-12(15(18)19)16-6-4-3-5-9(14(11)16)7-13(10)17/h8-9,13,17H,1,3-7H2,(H,18,19)/t9-,13+/m1/s1. The predicted molar refractivity (Wildman–Crippen MR) is 71.2 cm³/mol. The summed E-state index contributed by atoms with van der Waals surface area (Å²) in [5.41, 5.74) is 5.65. The molecule has 0 bridgehead atoms. The molecule has 1 aromatic rings. The van der Waals surface area contributed by atoms with E-state index < -0.39 is 12.1 Å². The number of carbonyl (C=O) groups is 1. The zero-order chi connectivity index (χ0) is 13.6. The molecule has 2 N–H and O–H groups in total. The molecule has 0 amide bonds. The maximum absolute atomic E-state index is 11.4. The van der Waals surface area contributed by atoms with Crippen LogP contribution in [-0.4, -0.2) is 26.9 Å². The Balaban J connectivity index is 2.27. The maximum atomic E-state index is 11.4. The summed E-state index contributed by atoms with van der Waals surface area (Å²) >= 11 is 0. The molecule has 0 radical (unpaired) electrons. The van der Waals surface area contributed by atoms with Crippen LogP contribution in [0.4, 0.5) is 0 Å². The minimum atomic E-state index is -0.909. The van der Waals surface area contributed by atoms with E-state index in [4.69, 9.17) is 0 Å². The number of aliphatic hydroxyl groups excluding tert-OH is 1. The first-order valence-electron chi connectivity index (χ1n) is 6.68. The van der Waals surface area contributed by atoms with Gasteiger partial charge >= 0.3 is 5.97 Å². The average Bonchev–Trinajstić information content (AvgIpc) is 2.62. The van der Waals surface area contributed by atoms with Crippen molar-refractivity contribution in [2.45, 2.75) is 44.2 Å². The maximum Gasteiger partial charge on any atom is 0.352 e. The molecule has 3 rings (SSSR count). The van der Waals surface area contributed by atoms with E-state index in [0.29, 0.717) is 17.7 Å². The lowest BCUT2D eigenvalue weighted by atomic mass is 9.81. The Kier molecular flexibility index (Phi) is 2.85. The second-order valence-corrected chi connectivity index (χ2v) is 5.32. The van der Waals surface area contributed by atoms with Gasteiger partial charge in [0.2, 0.25) is 0 Å². The third-order valence-electron chi connectivity index (χ3n) is 4.25. The number of rotatable bonds is 1. The van der Waals surface area contributed by atoms with E-state index in [1.165, 1.54) is 0 Å². The fourth-order valence-electron chi connectivity index (χ4n) is 3.44. The Labute approximate surface area is 111 Å². The number of carboxylic acids is 1. The Morgan fingerprint density at radius 2 is 2.26 bits per heavy atom. The zero-order valence-electron chi connectivity index (χ0n) is 10.7. The second-order valence-electron chi connectivity index (χ2n) is 5.32. The number of hydrogen-bond acceptors (Lipinski definition) is 2. The molecular formula is C15H17NO3. The molecule has 2 aliphatic rings. The zero-order valence-corrected chi connectivity index (χ0v) is 10.7. The van der Waals surface area contributed by atoms with Crippen LogP contribution >= 0.6 is 0 Å². The highest BCUT2D eigenvalue weighted by atomic mass is 16.4. The molecule has 1 aliphatic carbocycles. The SMILES string of the molecule is C=C=C1c2cc(C(=O)O)n3c2[C@H](CCCC3)C[C@@H]1O. The number of nitrogens with zero attached hydrogens (tertiary/aromatic N) is 1. The normalized spacial score (nSPS) is 25.4. The summed E-state index contributed by atoms with van der Waals surface area (Å²) in [5, 5.41) is 19.5. The van der Waals surface area contributed by atoms with Gasteiger partial charge in [0.15, 0.2) is 0 Å². The number of hydrogen-bond donors (Lipinski definition) is 2. The highest BCUT2D eigenvalue weighted by molar-refractivity contribution is 5.89. The van der Waals surface area contributed by atoms with Gasteiger partial charge in [-0.2, -0.15) is 0 Å². The fourth-order valence-corrected chi connectivity index (χ4v) is 3.44. The highest BCUT2D eigenvalue weighted by Gasteiger charge is 2.35. The molecule has 0 saturated heterocycles. The van der Waals surface area contributed by atoms with E-state index in [1.807, 2.05) is 4.57 Å². The van der Waals surface area contributed by atoms with Crippen LogP contribution in [0, 0.1) is 0 Å². The predicted octanol–water partition coefficient (Wildman–Crippen LogP) is 2.39. The monoisotopic (exact) mass is 259 g/mol. The van der Waals surface area contributed by atoms with Gasteiger partial charge in [-0.05, 0) is 25.3 Å². The molecule has 19 heavy (non-hydrogen) atoms. The largest absolute Gasteiger partial charge is 0.477 e. The van der Waals surface area contributed by atoms with Crippen molar-refractivity contribution >= 4 is 11.5 Å². The Hall–Kier alpha value is -1.77. The van der Waals surface area contributed by atoms with Crippen molar-refractivity contribution < 1.29 is 15.0 Å². The molecule has 0 saturated carbocycles. The van der Waals surface area contributed by atoms with Crippen molar-refractivity contribution in [3.63, 3.8) is 0 Å². The second kappa shape index (κ2) is 4.41. The van der Waals surface area contributed by atoms with Crippen LogP contribution in [0.2, 0.25) is 0 Å². The van der Waals surface area contributed by atoms with E-state index in [0.717, 1.165) is 37.1 Å². The number of carboxylic acid groups (broad SMARTS) is 1. The van der Waals surface area contributed by atoms with Crippen LogP contribution in [0.25, 0.3) is 5.57 Å². The molecule has 2 atom stereocenters. The topological polar surface area (TPSA) is 62.5 Å². The molecule has 2 heterocycles. The lowest BCUT2D eigenvalue weighted by molar-refractivity contribution is 0.0684. The smallest absolute Gasteiger partial charge is 0.352 e. The Morgan fingerprint density at radius 1 is 1.47 bits per heavy atom. The van der Waals surface area contributed by atoms with Crippen LogP contribution in [0.15, 0.2) is 18.4 Å². The number of aromatic carboxylic acids is 1. The lowest BCUT2D eigenvalue weighted by Crippen LogP contribution is -2.22. The first kappa shape index (κ1) is 12.3. The summed E-state index contributed by atoms with van der Waals surface area (Å²) in [5.74, 6) is -0.661. The van der Waals surface area contributed by atoms with Gasteiger partial charge < -0.3 is 14.8 Å². The van der Waals surface area contributed by atoms with Gasteiger partial charge in [0.25, 0.3) is 0 Å². The Morgan fingerprint density at radius 3 is 2.95 bits per heavy atom. The lowest BCUT2D eigenvalue weighted by Gasteiger charge is -2.28. The average molecular weight is 259 g/mol. The van der Waals surface area contributed by atoms with Crippen molar-refractivity contribution in [3.05, 3.63) is 35.3 Å². The van der Waals surface area contributed by atoms with E-state index in [2.05, 4.69) is 12.3 Å². The summed E-state index contributed by atoms with van der Waals surface area (Å²) in [6.45, 7) is 4.38. The van der Waals surface area contributed by atoms with Crippen LogP contribution in [0.1, 0.15) is 53.3 Å². The van der Waals surface area contributed by atoms with Gasteiger partial charge in [0.05, 0.1) is 6.10 Å². The number of aromatic nitrogens is 1. The van der Waals surface area contributed by atoms with Crippen LogP contribution in [0.3, 0.4) is 0 Å². The van der Waals surface area contributed by atoms with Crippen molar-refractivity contribution in [1.29, 1.82) is 0 Å². The molecule has 100 valence electrons. The van der Waals surface area contributed by atoms with E-state index in [1.54, 1.807) is 6.07 Å². The van der Waals surface area contributed by atoms with Gasteiger partial charge in [-0.25, -0.2) is 4.79 Å². The van der Waals surface area contributed by atoms with Crippen LogP contribution in [-0.2, 0) is 6.54 Å². The highest BCUT2D eigenvalue weighted by Crippen LogP contribution is 2.43. The van der Waals surface area contributed by atoms with Crippen LogP contribution in [0.5, 0.6) is 0 Å². The van der Waals surface area contributed by atoms with Crippen molar-refractivity contribution in [1.82, 2.24) is 4.57 Å². The summed E-state index contributed by atoms with van der Waals surface area (Å²) in [6, 6.07) is 1.67. The first-order chi connectivity index (χ1) is 9.13. The van der Waals surface area contributed by atoms with Crippen molar-refractivity contribution in [3.8, 4) is 0 Å². The van der Waals surface area contributed by atoms with Crippen molar-refractivity contribution in [2.24, 2.45) is 0 Å². The third-order valence-corrected chi connectivity index (χ3v) is 4.25. The first-order valence-corrected chi connectivity index (χ1v) is 6.68. The fraction of sp³-hybridized carbons (Fsp3) is 0.467. The van der Waals surface area contributed by atoms with Gasteiger partial charge in [-0.15, -0.1) is 5.73 Å². The molecule has 0 aromatic carbocycles. The minimum absolute atomic E-state index is 0.248. The molecule has 1 aliphatic heterocycles. The molecule has 4 heteroatoms. The summed E-state index contributed by atoms with van der Waals surface area (Å²) in [4.78, 5) is 11.4. The summed E-state index contributed by atoms with van der Waals surface area (Å²) < 4.78 is 1.92. The summed E-state index contributed by atoms with van der Waals surface area (Å²) in [6.07, 6.45) is 3.14. The molecular weight excluding hydrogens is 242 g/mol. The van der Waals surface area contributed by atoms with E-state index >= 15 is 0 Å². The van der Waals surface area contributed by atoms with Crippen molar-refractivity contribution in [2.75, 3.05) is 0 Å². The van der Waals surface area contributed by atoms with Gasteiger partial charge in [-0.1, -0.05) is 13.0 Å². The quantitative estimate of drug-likeness (QED) is 0.761. The van der Waals surface area contributed by atoms with E-state index in [9.17, 15) is 15.0 Å². The van der Waals surface area contributed by atoms with Crippen LogP contribution < -0.4 is 0 Å². The van der Waals surface area contributed by atoms with Gasteiger partial charge in [0, 0.05) is 29.3 Å². The molecule has 0 fully saturated rings. The third kappa shape index (κ3) is 1.76.